The maximum atomic E-state index is 6.32. The second-order valence-corrected chi connectivity index (χ2v) is 6.71. The summed E-state index contributed by atoms with van der Waals surface area (Å²) in [5.74, 6) is 0. The smallest absolute Gasteiger partial charge is 0.0502 e. The molecule has 0 spiro atoms. The first-order chi connectivity index (χ1) is 9.04. The van der Waals surface area contributed by atoms with E-state index in [2.05, 4.69) is 65.9 Å². The summed E-state index contributed by atoms with van der Waals surface area (Å²) in [5.41, 5.74) is 7.65. The number of halogens is 1. The van der Waals surface area contributed by atoms with Crippen LogP contribution in [-0.2, 0) is 0 Å². The number of hydrogen-bond acceptors (Lipinski definition) is 2. The molecule has 1 aliphatic rings. The van der Waals surface area contributed by atoms with Crippen LogP contribution in [0.4, 0.5) is 0 Å². The second kappa shape index (κ2) is 6.38. The van der Waals surface area contributed by atoms with Gasteiger partial charge in [-0.2, -0.15) is 0 Å². The van der Waals surface area contributed by atoms with Crippen LogP contribution in [0.25, 0.3) is 0 Å². The molecule has 2 rings (SSSR count). The molecular weight excluding hydrogens is 300 g/mol. The van der Waals surface area contributed by atoms with E-state index in [1.165, 1.54) is 24.8 Å². The monoisotopic (exact) mass is 324 g/mol. The summed E-state index contributed by atoms with van der Waals surface area (Å²) < 4.78 is 1.13. The molecular formula is C16H25BrN2. The van der Waals surface area contributed by atoms with Gasteiger partial charge < -0.3 is 5.73 Å². The van der Waals surface area contributed by atoms with Gasteiger partial charge >= 0.3 is 0 Å². The minimum Gasteiger partial charge on any atom is -0.326 e. The first-order valence-corrected chi connectivity index (χ1v) is 8.12. The Kier molecular flexibility index (Phi) is 5.04. The maximum Gasteiger partial charge on any atom is 0.0502 e. The molecule has 4 atom stereocenters. The lowest BCUT2D eigenvalue weighted by atomic mass is 9.97. The summed E-state index contributed by atoms with van der Waals surface area (Å²) in [5, 5.41) is 0. The molecule has 3 heteroatoms. The Bertz CT molecular complexity index is 419. The molecule has 0 amide bonds. The fraction of sp³-hybridized carbons (Fsp3) is 0.625. The number of nitrogens with two attached hydrogens (primary N) is 1. The number of rotatable bonds is 4. The van der Waals surface area contributed by atoms with E-state index in [9.17, 15) is 0 Å². The summed E-state index contributed by atoms with van der Waals surface area (Å²) in [6, 6.07) is 10.4. The highest BCUT2D eigenvalue weighted by molar-refractivity contribution is 9.10. The highest BCUT2D eigenvalue weighted by Crippen LogP contribution is 2.37. The van der Waals surface area contributed by atoms with Crippen LogP contribution in [0.15, 0.2) is 28.7 Å². The van der Waals surface area contributed by atoms with Crippen molar-refractivity contribution in [3.63, 3.8) is 0 Å². The van der Waals surface area contributed by atoms with Gasteiger partial charge in [-0.15, -0.1) is 0 Å². The van der Waals surface area contributed by atoms with Crippen LogP contribution in [0.3, 0.4) is 0 Å². The third kappa shape index (κ3) is 3.21. The summed E-state index contributed by atoms with van der Waals surface area (Å²) in [6.07, 6.45) is 3.80. The average Bonchev–Trinajstić information content (AvgIpc) is 2.71. The summed E-state index contributed by atoms with van der Waals surface area (Å²) >= 11 is 3.58. The van der Waals surface area contributed by atoms with Crippen molar-refractivity contribution < 1.29 is 0 Å². The van der Waals surface area contributed by atoms with Crippen LogP contribution in [0.1, 0.15) is 51.6 Å². The molecule has 4 unspecified atom stereocenters. The van der Waals surface area contributed by atoms with Crippen molar-refractivity contribution >= 4 is 15.9 Å². The van der Waals surface area contributed by atoms with Gasteiger partial charge in [0.2, 0.25) is 0 Å². The lowest BCUT2D eigenvalue weighted by Gasteiger charge is -2.38. The minimum atomic E-state index is 0.142. The minimum absolute atomic E-state index is 0.142. The van der Waals surface area contributed by atoms with Gasteiger partial charge in [-0.1, -0.05) is 35.0 Å². The van der Waals surface area contributed by atoms with E-state index < -0.39 is 0 Å². The highest BCUT2D eigenvalue weighted by atomic mass is 79.9. The molecule has 1 fully saturated rings. The first kappa shape index (κ1) is 15.0. The topological polar surface area (TPSA) is 29.3 Å². The van der Waals surface area contributed by atoms with Crippen LogP contribution < -0.4 is 5.73 Å². The van der Waals surface area contributed by atoms with Crippen molar-refractivity contribution in [1.82, 2.24) is 4.90 Å². The molecule has 0 aliphatic carbocycles. The molecule has 106 valence electrons. The first-order valence-electron chi connectivity index (χ1n) is 7.33. The molecule has 2 nitrogen and oxygen atoms in total. The lowest BCUT2D eigenvalue weighted by Crippen LogP contribution is -2.45. The standard InChI is InChI=1S/C16H25BrN2/c1-4-15-9-8-11(2)19(15)16(12(3)18)13-6-5-7-14(17)10-13/h5-7,10-12,15-16H,4,8-9,18H2,1-3H3. The summed E-state index contributed by atoms with van der Waals surface area (Å²) in [4.78, 5) is 2.65. The quantitative estimate of drug-likeness (QED) is 0.903. The van der Waals surface area contributed by atoms with E-state index in [4.69, 9.17) is 5.73 Å². The van der Waals surface area contributed by atoms with Crippen molar-refractivity contribution in [3.05, 3.63) is 34.3 Å². The molecule has 0 aromatic heterocycles. The normalized spacial score (nSPS) is 27.4. The fourth-order valence-electron chi connectivity index (χ4n) is 3.45. The Balaban J connectivity index is 2.34. The van der Waals surface area contributed by atoms with Crippen LogP contribution in [0.2, 0.25) is 0 Å². The van der Waals surface area contributed by atoms with E-state index in [1.807, 2.05) is 0 Å². The SMILES string of the molecule is CCC1CCC(C)N1C(c1cccc(Br)c1)C(C)N. The predicted molar refractivity (Wildman–Crippen MR) is 85.1 cm³/mol. The third-order valence-corrected chi connectivity index (χ3v) is 4.82. The molecule has 1 aliphatic heterocycles. The predicted octanol–water partition coefficient (Wildman–Crippen LogP) is 4.10. The highest BCUT2D eigenvalue weighted by Gasteiger charge is 2.37. The molecule has 19 heavy (non-hydrogen) atoms. The Labute approximate surface area is 125 Å². The molecule has 1 aromatic carbocycles. The molecule has 1 saturated heterocycles. The van der Waals surface area contributed by atoms with Crippen molar-refractivity contribution in [2.75, 3.05) is 0 Å². The van der Waals surface area contributed by atoms with Crippen molar-refractivity contribution in [3.8, 4) is 0 Å². The average molecular weight is 325 g/mol. The molecule has 2 N–H and O–H groups in total. The van der Waals surface area contributed by atoms with Gasteiger partial charge in [0, 0.05) is 22.6 Å². The fourth-order valence-corrected chi connectivity index (χ4v) is 3.86. The van der Waals surface area contributed by atoms with Crippen molar-refractivity contribution in [2.24, 2.45) is 5.73 Å². The number of hydrogen-bond donors (Lipinski definition) is 1. The van der Waals surface area contributed by atoms with Crippen LogP contribution >= 0.6 is 15.9 Å². The zero-order chi connectivity index (χ0) is 14.0. The van der Waals surface area contributed by atoms with E-state index >= 15 is 0 Å². The zero-order valence-corrected chi connectivity index (χ0v) is 13.7. The van der Waals surface area contributed by atoms with Crippen LogP contribution in [-0.4, -0.2) is 23.0 Å². The maximum absolute atomic E-state index is 6.32. The van der Waals surface area contributed by atoms with Gasteiger partial charge in [0.25, 0.3) is 0 Å². The molecule has 1 heterocycles. The zero-order valence-electron chi connectivity index (χ0n) is 12.1. The molecule has 0 radical (unpaired) electrons. The van der Waals surface area contributed by atoms with Crippen molar-refractivity contribution in [1.29, 1.82) is 0 Å². The second-order valence-electron chi connectivity index (χ2n) is 5.79. The summed E-state index contributed by atoms with van der Waals surface area (Å²) in [6.45, 7) is 6.75. The van der Waals surface area contributed by atoms with Gasteiger partial charge in [0.1, 0.15) is 0 Å². The van der Waals surface area contributed by atoms with Gasteiger partial charge in [0.15, 0.2) is 0 Å². The lowest BCUT2D eigenvalue weighted by molar-refractivity contribution is 0.117. The Hall–Kier alpha value is -0.380. The van der Waals surface area contributed by atoms with E-state index in [-0.39, 0.29) is 6.04 Å². The van der Waals surface area contributed by atoms with Gasteiger partial charge in [-0.05, 0) is 50.8 Å². The van der Waals surface area contributed by atoms with E-state index in [0.29, 0.717) is 18.1 Å². The van der Waals surface area contributed by atoms with E-state index in [1.54, 1.807) is 0 Å². The number of benzene rings is 1. The van der Waals surface area contributed by atoms with E-state index in [0.717, 1.165) is 4.47 Å². The van der Waals surface area contributed by atoms with Gasteiger partial charge in [0.05, 0.1) is 6.04 Å². The van der Waals surface area contributed by atoms with Crippen LogP contribution in [0, 0.1) is 0 Å². The molecule has 1 aromatic rings. The molecule has 0 saturated carbocycles. The Morgan fingerprint density at radius 3 is 2.74 bits per heavy atom. The Morgan fingerprint density at radius 2 is 2.16 bits per heavy atom. The Morgan fingerprint density at radius 1 is 1.42 bits per heavy atom. The van der Waals surface area contributed by atoms with Crippen LogP contribution in [0.5, 0.6) is 0 Å². The number of nitrogens with zero attached hydrogens (tertiary/aromatic N) is 1. The molecule has 0 bridgehead atoms. The largest absolute Gasteiger partial charge is 0.326 e. The third-order valence-electron chi connectivity index (χ3n) is 4.33. The summed E-state index contributed by atoms with van der Waals surface area (Å²) in [7, 11) is 0. The number of likely N-dealkylation sites (tertiary alicyclic amines) is 1. The van der Waals surface area contributed by atoms with Crippen molar-refractivity contribution in [2.45, 2.75) is 64.2 Å². The van der Waals surface area contributed by atoms with Gasteiger partial charge in [-0.25, -0.2) is 0 Å². The van der Waals surface area contributed by atoms with Gasteiger partial charge in [-0.3, -0.25) is 4.90 Å².